The second-order valence-corrected chi connectivity index (χ2v) is 4.30. The van der Waals surface area contributed by atoms with Gasteiger partial charge in [-0.25, -0.2) is 4.79 Å². The Morgan fingerprint density at radius 2 is 2.24 bits per heavy atom. The lowest BCUT2D eigenvalue weighted by molar-refractivity contribution is -0.109. The molecule has 1 aromatic rings. The van der Waals surface area contributed by atoms with Crippen molar-refractivity contribution in [1.29, 1.82) is 0 Å². The number of thioether (sulfide) groups is 1. The number of amides is 2. The Hall–Kier alpha value is -1.93. The lowest BCUT2D eigenvalue weighted by Gasteiger charge is -2.00. The van der Waals surface area contributed by atoms with E-state index in [1.54, 1.807) is 18.2 Å². The van der Waals surface area contributed by atoms with Crippen molar-refractivity contribution >= 4 is 28.6 Å². The minimum atomic E-state index is -0.609. The minimum Gasteiger partial charge on any atom is -0.351 e. The number of nitrogens with one attached hydrogen (secondary N) is 1. The van der Waals surface area contributed by atoms with Gasteiger partial charge in [-0.15, -0.1) is 0 Å². The molecule has 0 aliphatic heterocycles. The highest BCUT2D eigenvalue weighted by Gasteiger charge is 1.96. The lowest BCUT2D eigenvalue weighted by Crippen LogP contribution is -2.19. The number of nitrogens with two attached hydrogens (primary N) is 1. The van der Waals surface area contributed by atoms with E-state index in [1.807, 2.05) is 6.07 Å². The summed E-state index contributed by atoms with van der Waals surface area (Å²) in [6.07, 6.45) is 0. The Balaban J connectivity index is 2.65. The molecule has 0 aliphatic carbocycles. The molecular formula is C12H12N2O2S. The van der Waals surface area contributed by atoms with Gasteiger partial charge in [0.25, 0.3) is 0 Å². The topological polar surface area (TPSA) is 72.2 Å². The maximum absolute atomic E-state index is 10.7. The first-order valence-electron chi connectivity index (χ1n) is 4.86. The third kappa shape index (κ3) is 5.64. The summed E-state index contributed by atoms with van der Waals surface area (Å²) in [6.45, 7) is 1.50. The Morgan fingerprint density at radius 3 is 2.88 bits per heavy atom. The zero-order valence-electron chi connectivity index (χ0n) is 9.32. The second-order valence-electron chi connectivity index (χ2n) is 3.15. The number of benzene rings is 1. The first kappa shape index (κ1) is 13.1. The van der Waals surface area contributed by atoms with Crippen LogP contribution in [0.4, 0.5) is 10.5 Å². The fourth-order valence-corrected chi connectivity index (χ4v) is 1.44. The van der Waals surface area contributed by atoms with Crippen molar-refractivity contribution in [3.63, 3.8) is 0 Å². The van der Waals surface area contributed by atoms with Crippen LogP contribution in [0.15, 0.2) is 24.3 Å². The van der Waals surface area contributed by atoms with Crippen LogP contribution < -0.4 is 11.1 Å². The van der Waals surface area contributed by atoms with E-state index in [9.17, 15) is 9.59 Å². The number of hydrogen-bond donors (Lipinski definition) is 2. The monoisotopic (exact) mass is 248 g/mol. The molecule has 0 saturated carbocycles. The van der Waals surface area contributed by atoms with Crippen LogP contribution in [0.25, 0.3) is 0 Å². The maximum atomic E-state index is 10.7. The number of carbonyl (C=O) groups excluding carboxylic acids is 2. The summed E-state index contributed by atoms with van der Waals surface area (Å²) >= 11 is 1.16. The van der Waals surface area contributed by atoms with E-state index in [2.05, 4.69) is 17.2 Å². The van der Waals surface area contributed by atoms with Gasteiger partial charge in [0.1, 0.15) is 0 Å². The normalized spacial score (nSPS) is 9.00. The largest absolute Gasteiger partial charge is 0.351 e. The molecule has 0 heterocycles. The molecular weight excluding hydrogens is 236 g/mol. The maximum Gasteiger partial charge on any atom is 0.316 e. The van der Waals surface area contributed by atoms with Crippen molar-refractivity contribution in [1.82, 2.24) is 0 Å². The minimum absolute atomic E-state index is 0.0449. The van der Waals surface area contributed by atoms with Gasteiger partial charge in [-0.1, -0.05) is 29.7 Å². The molecule has 88 valence electrons. The van der Waals surface area contributed by atoms with Crippen LogP contribution in [-0.2, 0) is 4.79 Å². The number of urea groups is 1. The number of rotatable bonds is 2. The van der Waals surface area contributed by atoms with Crippen LogP contribution in [-0.4, -0.2) is 16.9 Å². The van der Waals surface area contributed by atoms with Crippen molar-refractivity contribution in [3.05, 3.63) is 29.8 Å². The molecule has 0 unspecified atom stereocenters. The molecule has 0 fully saturated rings. The van der Waals surface area contributed by atoms with E-state index in [0.29, 0.717) is 11.4 Å². The van der Waals surface area contributed by atoms with Crippen LogP contribution in [0.1, 0.15) is 12.5 Å². The van der Waals surface area contributed by atoms with Gasteiger partial charge >= 0.3 is 6.03 Å². The highest BCUT2D eigenvalue weighted by molar-refractivity contribution is 8.13. The number of anilines is 1. The van der Waals surface area contributed by atoms with Gasteiger partial charge in [0.05, 0.1) is 5.75 Å². The summed E-state index contributed by atoms with van der Waals surface area (Å²) in [5, 5.41) is 2.51. The SMILES string of the molecule is CC(=O)SCC#Cc1cccc(NC(N)=O)c1. The molecule has 0 spiro atoms. The number of carbonyl (C=O) groups is 2. The first-order chi connectivity index (χ1) is 8.08. The predicted octanol–water partition coefficient (Wildman–Crippen LogP) is 1.81. The van der Waals surface area contributed by atoms with Gasteiger partial charge in [0.15, 0.2) is 5.12 Å². The fraction of sp³-hybridized carbons (Fsp3) is 0.167. The van der Waals surface area contributed by atoms with Crippen LogP contribution in [0.2, 0.25) is 0 Å². The Bertz CT molecular complexity index is 489. The van der Waals surface area contributed by atoms with Crippen LogP contribution in [0.3, 0.4) is 0 Å². The highest BCUT2D eigenvalue weighted by Crippen LogP contribution is 2.09. The fourth-order valence-electron chi connectivity index (χ4n) is 1.09. The average Bonchev–Trinajstić information content (AvgIpc) is 2.24. The standard InChI is InChI=1S/C12H12N2O2S/c1-9(15)17-7-3-5-10-4-2-6-11(8-10)14-12(13)16/h2,4,6,8H,7H2,1H3,(H3,13,14,16). The van der Waals surface area contributed by atoms with E-state index < -0.39 is 6.03 Å². The molecule has 4 nitrogen and oxygen atoms in total. The van der Waals surface area contributed by atoms with Gasteiger partial charge in [-0.3, -0.25) is 4.79 Å². The lowest BCUT2D eigenvalue weighted by atomic mass is 10.2. The third-order valence-electron chi connectivity index (χ3n) is 1.71. The summed E-state index contributed by atoms with van der Waals surface area (Å²) in [7, 11) is 0. The Labute approximate surface area is 104 Å². The van der Waals surface area contributed by atoms with Crippen LogP contribution in [0, 0.1) is 11.8 Å². The molecule has 5 heteroatoms. The van der Waals surface area contributed by atoms with Gasteiger partial charge in [0.2, 0.25) is 0 Å². The molecule has 0 saturated heterocycles. The molecule has 0 aromatic heterocycles. The van der Waals surface area contributed by atoms with E-state index in [1.165, 1.54) is 6.92 Å². The van der Waals surface area contributed by atoms with Crippen molar-refractivity contribution < 1.29 is 9.59 Å². The summed E-state index contributed by atoms with van der Waals surface area (Å²) in [5.74, 6) is 6.22. The van der Waals surface area contributed by atoms with Gasteiger partial charge in [0, 0.05) is 18.2 Å². The van der Waals surface area contributed by atoms with E-state index >= 15 is 0 Å². The second kappa shape index (κ2) is 6.61. The third-order valence-corrected chi connectivity index (χ3v) is 2.41. The first-order valence-corrected chi connectivity index (χ1v) is 5.85. The number of hydrogen-bond acceptors (Lipinski definition) is 3. The summed E-state index contributed by atoms with van der Waals surface area (Å²) in [6, 6.07) is 6.42. The van der Waals surface area contributed by atoms with Crippen molar-refractivity contribution in [3.8, 4) is 11.8 Å². The van der Waals surface area contributed by atoms with Gasteiger partial charge < -0.3 is 11.1 Å². The highest BCUT2D eigenvalue weighted by atomic mass is 32.2. The zero-order chi connectivity index (χ0) is 12.7. The Morgan fingerprint density at radius 1 is 1.47 bits per heavy atom. The number of primary amides is 1. The summed E-state index contributed by atoms with van der Waals surface area (Å²) < 4.78 is 0. The van der Waals surface area contributed by atoms with Crippen LogP contribution in [0.5, 0.6) is 0 Å². The van der Waals surface area contributed by atoms with Crippen molar-refractivity contribution in [2.24, 2.45) is 5.73 Å². The molecule has 0 radical (unpaired) electrons. The molecule has 3 N–H and O–H groups in total. The van der Waals surface area contributed by atoms with E-state index in [0.717, 1.165) is 17.3 Å². The predicted molar refractivity (Wildman–Crippen MR) is 69.7 cm³/mol. The smallest absolute Gasteiger partial charge is 0.316 e. The summed E-state index contributed by atoms with van der Waals surface area (Å²) in [5.41, 5.74) is 6.37. The van der Waals surface area contributed by atoms with Crippen molar-refractivity contribution in [2.75, 3.05) is 11.1 Å². The summed E-state index contributed by atoms with van der Waals surface area (Å²) in [4.78, 5) is 21.3. The van der Waals surface area contributed by atoms with Gasteiger partial charge in [-0.05, 0) is 18.2 Å². The van der Waals surface area contributed by atoms with Crippen molar-refractivity contribution in [2.45, 2.75) is 6.92 Å². The molecule has 1 rings (SSSR count). The molecule has 0 bridgehead atoms. The van der Waals surface area contributed by atoms with Gasteiger partial charge in [-0.2, -0.15) is 0 Å². The van der Waals surface area contributed by atoms with E-state index in [4.69, 9.17) is 5.73 Å². The van der Waals surface area contributed by atoms with E-state index in [-0.39, 0.29) is 5.12 Å². The molecule has 2 amide bonds. The molecule has 17 heavy (non-hydrogen) atoms. The molecule has 1 aromatic carbocycles. The molecule has 0 aliphatic rings. The van der Waals surface area contributed by atoms with Crippen LogP contribution >= 0.6 is 11.8 Å². The zero-order valence-corrected chi connectivity index (χ0v) is 10.1. The quantitative estimate of drug-likeness (QED) is 0.784. The molecule has 0 atom stereocenters. The average molecular weight is 248 g/mol. The Kier molecular flexibility index (Phi) is 5.11.